The molecule has 0 bridgehead atoms. The molecule has 0 aliphatic carbocycles. The molecule has 1 aromatic carbocycles. The zero-order valence-electron chi connectivity index (χ0n) is 9.91. The number of non-ortho nitro benzene ring substituents is 1. The Labute approximate surface area is 102 Å². The number of hydrogen-bond acceptors (Lipinski definition) is 3. The molecule has 18 heavy (non-hydrogen) atoms. The number of nitrogens with two attached hydrogens (primary N) is 1. The second-order valence-corrected chi connectivity index (χ2v) is 4.61. The zero-order valence-corrected chi connectivity index (χ0v) is 9.91. The van der Waals surface area contributed by atoms with Crippen LogP contribution < -0.4 is 5.73 Å². The monoisotopic (exact) mass is 262 g/mol. The van der Waals surface area contributed by atoms with E-state index in [-0.39, 0.29) is 12.1 Å². The fourth-order valence-corrected chi connectivity index (χ4v) is 1.39. The van der Waals surface area contributed by atoms with Gasteiger partial charge >= 0.3 is 6.18 Å². The average Bonchev–Trinajstić information content (AvgIpc) is 2.27. The Morgan fingerprint density at radius 1 is 1.22 bits per heavy atom. The third-order valence-corrected chi connectivity index (χ3v) is 2.75. The first-order valence-electron chi connectivity index (χ1n) is 5.15. The highest BCUT2D eigenvalue weighted by molar-refractivity contribution is 5.43. The molecule has 0 aliphatic heterocycles. The lowest BCUT2D eigenvalue weighted by Crippen LogP contribution is -2.28. The average molecular weight is 262 g/mol. The molecule has 4 nitrogen and oxygen atoms in total. The number of halogens is 3. The van der Waals surface area contributed by atoms with Gasteiger partial charge in [-0.1, -0.05) is 13.8 Å². The van der Waals surface area contributed by atoms with Gasteiger partial charge in [-0.15, -0.1) is 0 Å². The highest BCUT2D eigenvalue weighted by Crippen LogP contribution is 2.35. The van der Waals surface area contributed by atoms with Crippen molar-refractivity contribution in [2.75, 3.05) is 6.54 Å². The Kier molecular flexibility index (Phi) is 3.66. The third-order valence-electron chi connectivity index (χ3n) is 2.75. The van der Waals surface area contributed by atoms with E-state index < -0.39 is 27.8 Å². The van der Waals surface area contributed by atoms with E-state index in [2.05, 4.69) is 0 Å². The first-order chi connectivity index (χ1) is 8.08. The van der Waals surface area contributed by atoms with E-state index in [0.29, 0.717) is 6.07 Å². The summed E-state index contributed by atoms with van der Waals surface area (Å²) >= 11 is 0. The predicted molar refractivity (Wildman–Crippen MR) is 60.2 cm³/mol. The summed E-state index contributed by atoms with van der Waals surface area (Å²) in [6.45, 7) is 3.35. The Hall–Kier alpha value is -1.63. The maximum Gasteiger partial charge on any atom is 0.416 e. The van der Waals surface area contributed by atoms with Gasteiger partial charge in [0.15, 0.2) is 0 Å². The fourth-order valence-electron chi connectivity index (χ4n) is 1.39. The summed E-state index contributed by atoms with van der Waals surface area (Å²) in [7, 11) is 0. The topological polar surface area (TPSA) is 69.2 Å². The van der Waals surface area contributed by atoms with Gasteiger partial charge in [-0.3, -0.25) is 10.1 Å². The van der Waals surface area contributed by atoms with Crippen LogP contribution in [0.25, 0.3) is 0 Å². The molecule has 0 fully saturated rings. The lowest BCUT2D eigenvalue weighted by Gasteiger charge is -2.23. The van der Waals surface area contributed by atoms with Crippen molar-refractivity contribution in [3.05, 3.63) is 39.4 Å². The number of alkyl halides is 3. The number of nitrogens with zero attached hydrogens (tertiary/aromatic N) is 1. The minimum Gasteiger partial charge on any atom is -0.330 e. The molecule has 0 heterocycles. The van der Waals surface area contributed by atoms with Crippen molar-refractivity contribution in [2.24, 2.45) is 5.73 Å². The molecule has 0 aromatic heterocycles. The van der Waals surface area contributed by atoms with Gasteiger partial charge in [0.2, 0.25) is 0 Å². The minimum atomic E-state index is -4.62. The van der Waals surface area contributed by atoms with Crippen LogP contribution in [0.3, 0.4) is 0 Å². The lowest BCUT2D eigenvalue weighted by atomic mass is 9.83. The number of hydrogen-bond donors (Lipinski definition) is 1. The summed E-state index contributed by atoms with van der Waals surface area (Å²) in [4.78, 5) is 9.81. The summed E-state index contributed by atoms with van der Waals surface area (Å²) < 4.78 is 37.9. The van der Waals surface area contributed by atoms with Crippen LogP contribution in [0, 0.1) is 10.1 Å². The van der Waals surface area contributed by atoms with Crippen LogP contribution >= 0.6 is 0 Å². The Morgan fingerprint density at radius 3 is 2.11 bits per heavy atom. The zero-order chi connectivity index (χ0) is 14.1. The van der Waals surface area contributed by atoms with Crippen LogP contribution in [0.1, 0.15) is 25.0 Å². The molecule has 0 saturated heterocycles. The van der Waals surface area contributed by atoms with E-state index in [0.717, 1.165) is 12.1 Å². The number of nitro groups is 1. The standard InChI is InChI=1S/C11H13F3N2O2/c1-10(2,6-15)7-3-8(11(12,13)14)5-9(4-7)16(17)18/h3-5H,6,15H2,1-2H3. The van der Waals surface area contributed by atoms with Crippen LogP contribution in [-0.4, -0.2) is 11.5 Å². The molecule has 0 amide bonds. The summed E-state index contributed by atoms with van der Waals surface area (Å²) in [5.41, 5.74) is 3.30. The Bertz CT molecular complexity index is 470. The maximum absolute atomic E-state index is 12.6. The number of benzene rings is 1. The molecule has 100 valence electrons. The fraction of sp³-hybridized carbons (Fsp3) is 0.455. The molecular weight excluding hydrogens is 249 g/mol. The van der Waals surface area contributed by atoms with Crippen LogP contribution in [0.5, 0.6) is 0 Å². The van der Waals surface area contributed by atoms with Gasteiger partial charge in [-0.25, -0.2) is 0 Å². The molecule has 1 rings (SSSR count). The third kappa shape index (κ3) is 2.98. The molecule has 2 N–H and O–H groups in total. The lowest BCUT2D eigenvalue weighted by molar-refractivity contribution is -0.385. The van der Waals surface area contributed by atoms with Gasteiger partial charge in [0.1, 0.15) is 0 Å². The first-order valence-corrected chi connectivity index (χ1v) is 5.15. The van der Waals surface area contributed by atoms with Gasteiger partial charge in [-0.05, 0) is 11.6 Å². The molecular formula is C11H13F3N2O2. The van der Waals surface area contributed by atoms with Gasteiger partial charge in [0, 0.05) is 24.1 Å². The molecule has 0 radical (unpaired) electrons. The van der Waals surface area contributed by atoms with Crippen molar-refractivity contribution in [3.8, 4) is 0 Å². The van der Waals surface area contributed by atoms with E-state index in [9.17, 15) is 23.3 Å². The van der Waals surface area contributed by atoms with Gasteiger partial charge < -0.3 is 5.73 Å². The second kappa shape index (κ2) is 4.56. The van der Waals surface area contributed by atoms with Crippen LogP contribution in [0.4, 0.5) is 18.9 Å². The summed E-state index contributed by atoms with van der Waals surface area (Å²) in [6, 6.07) is 2.55. The second-order valence-electron chi connectivity index (χ2n) is 4.61. The largest absolute Gasteiger partial charge is 0.416 e. The highest BCUT2D eigenvalue weighted by atomic mass is 19.4. The minimum absolute atomic E-state index is 0.0888. The summed E-state index contributed by atoms with van der Waals surface area (Å²) in [5, 5.41) is 10.7. The molecule has 0 atom stereocenters. The predicted octanol–water partition coefficient (Wildman–Crippen LogP) is 2.85. The summed E-state index contributed by atoms with van der Waals surface area (Å²) in [5.74, 6) is 0. The number of nitro benzene ring substituents is 1. The Morgan fingerprint density at radius 2 is 1.72 bits per heavy atom. The van der Waals surface area contributed by atoms with Crippen molar-refractivity contribution >= 4 is 5.69 Å². The SMILES string of the molecule is CC(C)(CN)c1cc([N+](=O)[O-])cc(C(F)(F)F)c1. The van der Waals surface area contributed by atoms with Gasteiger partial charge in [-0.2, -0.15) is 13.2 Å². The highest BCUT2D eigenvalue weighted by Gasteiger charge is 2.34. The number of rotatable bonds is 3. The van der Waals surface area contributed by atoms with Crippen molar-refractivity contribution in [1.29, 1.82) is 0 Å². The normalized spacial score (nSPS) is 12.6. The molecule has 1 aromatic rings. The van der Waals surface area contributed by atoms with E-state index in [1.54, 1.807) is 13.8 Å². The van der Waals surface area contributed by atoms with E-state index >= 15 is 0 Å². The van der Waals surface area contributed by atoms with Gasteiger partial charge in [0.05, 0.1) is 10.5 Å². The Balaban J connectivity index is 3.46. The maximum atomic E-state index is 12.6. The van der Waals surface area contributed by atoms with E-state index in [1.165, 1.54) is 0 Å². The molecule has 0 spiro atoms. The summed E-state index contributed by atoms with van der Waals surface area (Å²) in [6.07, 6.45) is -4.62. The first kappa shape index (κ1) is 14.4. The van der Waals surface area contributed by atoms with Crippen LogP contribution in [0.2, 0.25) is 0 Å². The van der Waals surface area contributed by atoms with Crippen molar-refractivity contribution in [3.63, 3.8) is 0 Å². The van der Waals surface area contributed by atoms with Crippen molar-refractivity contribution < 1.29 is 18.1 Å². The quantitative estimate of drug-likeness (QED) is 0.672. The van der Waals surface area contributed by atoms with Crippen LogP contribution in [0.15, 0.2) is 18.2 Å². The van der Waals surface area contributed by atoms with Gasteiger partial charge in [0.25, 0.3) is 5.69 Å². The molecule has 0 saturated carbocycles. The molecule has 0 unspecified atom stereocenters. The van der Waals surface area contributed by atoms with Crippen molar-refractivity contribution in [1.82, 2.24) is 0 Å². The van der Waals surface area contributed by atoms with E-state index in [4.69, 9.17) is 5.73 Å². The van der Waals surface area contributed by atoms with Crippen molar-refractivity contribution in [2.45, 2.75) is 25.4 Å². The van der Waals surface area contributed by atoms with Crippen LogP contribution in [-0.2, 0) is 11.6 Å². The molecule has 7 heteroatoms. The molecule has 0 aliphatic rings. The van der Waals surface area contributed by atoms with E-state index in [1.807, 2.05) is 0 Å². The smallest absolute Gasteiger partial charge is 0.330 e.